The van der Waals surface area contributed by atoms with Gasteiger partial charge in [0.15, 0.2) is 0 Å². The maximum absolute atomic E-state index is 12.1. The number of esters is 1. The Labute approximate surface area is 130 Å². The van der Waals surface area contributed by atoms with Crippen molar-refractivity contribution in [2.24, 2.45) is 0 Å². The molecule has 22 heavy (non-hydrogen) atoms. The smallest absolute Gasteiger partial charge is 0.337 e. The molecule has 0 fully saturated rings. The molecule has 0 aliphatic heterocycles. The Kier molecular flexibility index (Phi) is 5.31. The van der Waals surface area contributed by atoms with Crippen LogP contribution in [0.3, 0.4) is 0 Å². The van der Waals surface area contributed by atoms with Crippen LogP contribution in [-0.2, 0) is 17.7 Å². The van der Waals surface area contributed by atoms with Crippen LogP contribution >= 0.6 is 0 Å². The van der Waals surface area contributed by atoms with Crippen molar-refractivity contribution in [2.45, 2.75) is 19.9 Å². The lowest BCUT2D eigenvalue weighted by molar-refractivity contribution is 0.0600. The number of methoxy groups -OCH3 is 1. The molecule has 0 heterocycles. The number of hydrogen-bond acceptors (Lipinski definition) is 3. The van der Waals surface area contributed by atoms with Crippen LogP contribution < -0.4 is 5.32 Å². The first-order chi connectivity index (χ1) is 10.6. The zero-order valence-corrected chi connectivity index (χ0v) is 12.8. The first kappa shape index (κ1) is 15.8. The number of aryl methyl sites for hydroxylation is 1. The molecule has 0 atom stereocenters. The summed E-state index contributed by atoms with van der Waals surface area (Å²) < 4.78 is 4.64. The van der Waals surface area contributed by atoms with Gasteiger partial charge in [-0.3, -0.25) is 4.79 Å². The minimum atomic E-state index is -0.369. The SMILES string of the molecule is CCc1ccc(C(=O)NCc2ccc(C(=O)OC)cc2)cc1. The van der Waals surface area contributed by atoms with Crippen LogP contribution in [0.25, 0.3) is 0 Å². The summed E-state index contributed by atoms with van der Waals surface area (Å²) in [6, 6.07) is 14.5. The van der Waals surface area contributed by atoms with Crippen molar-refractivity contribution in [3.63, 3.8) is 0 Å². The molecule has 0 radical (unpaired) electrons. The van der Waals surface area contributed by atoms with E-state index in [1.165, 1.54) is 12.7 Å². The summed E-state index contributed by atoms with van der Waals surface area (Å²) in [5.41, 5.74) is 3.26. The molecule has 2 aromatic rings. The molecule has 1 N–H and O–H groups in total. The zero-order chi connectivity index (χ0) is 15.9. The molecule has 2 rings (SSSR count). The van der Waals surface area contributed by atoms with Gasteiger partial charge < -0.3 is 10.1 Å². The van der Waals surface area contributed by atoms with Crippen LogP contribution in [0.1, 0.15) is 38.8 Å². The number of hydrogen-bond donors (Lipinski definition) is 1. The van der Waals surface area contributed by atoms with Crippen molar-refractivity contribution < 1.29 is 14.3 Å². The van der Waals surface area contributed by atoms with Gasteiger partial charge in [0.25, 0.3) is 5.91 Å². The van der Waals surface area contributed by atoms with Gasteiger partial charge in [0.05, 0.1) is 12.7 Å². The third-order valence-electron chi connectivity index (χ3n) is 3.45. The largest absolute Gasteiger partial charge is 0.465 e. The van der Waals surface area contributed by atoms with E-state index in [2.05, 4.69) is 17.0 Å². The number of nitrogens with one attached hydrogen (secondary N) is 1. The molecule has 0 aliphatic carbocycles. The number of amides is 1. The third kappa shape index (κ3) is 3.95. The van der Waals surface area contributed by atoms with Crippen molar-refractivity contribution in [1.82, 2.24) is 5.32 Å². The van der Waals surface area contributed by atoms with E-state index in [1.54, 1.807) is 24.3 Å². The van der Waals surface area contributed by atoms with E-state index in [4.69, 9.17) is 0 Å². The van der Waals surface area contributed by atoms with Gasteiger partial charge in [-0.1, -0.05) is 31.2 Å². The third-order valence-corrected chi connectivity index (χ3v) is 3.45. The number of rotatable bonds is 5. The molecular weight excluding hydrogens is 278 g/mol. The Morgan fingerprint density at radius 1 is 0.909 bits per heavy atom. The predicted molar refractivity (Wildman–Crippen MR) is 84.8 cm³/mol. The Balaban J connectivity index is 1.94. The van der Waals surface area contributed by atoms with Crippen molar-refractivity contribution >= 4 is 11.9 Å². The van der Waals surface area contributed by atoms with Crippen LogP contribution in [0, 0.1) is 0 Å². The molecule has 0 unspecified atom stereocenters. The summed E-state index contributed by atoms with van der Waals surface area (Å²) in [5.74, 6) is -0.480. The van der Waals surface area contributed by atoms with Gasteiger partial charge in [-0.05, 0) is 41.8 Å². The fraction of sp³-hybridized carbons (Fsp3) is 0.222. The molecule has 0 bridgehead atoms. The molecular formula is C18H19NO3. The first-order valence-corrected chi connectivity index (χ1v) is 7.18. The quantitative estimate of drug-likeness (QED) is 0.863. The molecule has 0 saturated carbocycles. The molecule has 0 aromatic heterocycles. The van der Waals surface area contributed by atoms with Crippen molar-refractivity contribution in [2.75, 3.05) is 7.11 Å². The Bertz CT molecular complexity index is 645. The molecule has 0 aliphatic rings. The standard InChI is InChI=1S/C18H19NO3/c1-3-13-4-8-15(9-5-13)17(20)19-12-14-6-10-16(11-7-14)18(21)22-2/h4-11H,3,12H2,1-2H3,(H,19,20). The van der Waals surface area contributed by atoms with Crippen LogP contribution in [-0.4, -0.2) is 19.0 Å². The Morgan fingerprint density at radius 2 is 1.45 bits per heavy atom. The van der Waals surface area contributed by atoms with Crippen molar-refractivity contribution in [1.29, 1.82) is 0 Å². The van der Waals surface area contributed by atoms with E-state index in [1.807, 2.05) is 24.3 Å². The lowest BCUT2D eigenvalue weighted by Gasteiger charge is -2.07. The number of carbonyl (C=O) groups excluding carboxylic acids is 2. The summed E-state index contributed by atoms with van der Waals surface area (Å²) in [7, 11) is 1.35. The second-order valence-corrected chi connectivity index (χ2v) is 4.92. The Hall–Kier alpha value is -2.62. The molecule has 0 spiro atoms. The fourth-order valence-corrected chi connectivity index (χ4v) is 2.05. The van der Waals surface area contributed by atoms with Crippen molar-refractivity contribution in [3.05, 3.63) is 70.8 Å². The van der Waals surface area contributed by atoms with Gasteiger partial charge >= 0.3 is 5.97 Å². The van der Waals surface area contributed by atoms with E-state index in [9.17, 15) is 9.59 Å². The highest BCUT2D eigenvalue weighted by molar-refractivity contribution is 5.94. The maximum Gasteiger partial charge on any atom is 0.337 e. The van der Waals surface area contributed by atoms with Gasteiger partial charge in [0.2, 0.25) is 0 Å². The van der Waals surface area contributed by atoms with E-state index < -0.39 is 0 Å². The molecule has 0 saturated heterocycles. The second kappa shape index (κ2) is 7.41. The minimum absolute atomic E-state index is 0.111. The van der Waals surface area contributed by atoms with E-state index in [-0.39, 0.29) is 11.9 Å². The zero-order valence-electron chi connectivity index (χ0n) is 12.8. The lowest BCUT2D eigenvalue weighted by atomic mass is 10.1. The Morgan fingerprint density at radius 3 is 2.00 bits per heavy atom. The van der Waals surface area contributed by atoms with E-state index in [0.29, 0.717) is 17.7 Å². The number of carbonyl (C=O) groups is 2. The van der Waals surface area contributed by atoms with Crippen LogP contribution in [0.15, 0.2) is 48.5 Å². The molecule has 4 heteroatoms. The normalized spacial score (nSPS) is 10.1. The number of benzene rings is 2. The number of ether oxygens (including phenoxy) is 1. The fourth-order valence-electron chi connectivity index (χ4n) is 2.05. The molecule has 2 aromatic carbocycles. The van der Waals surface area contributed by atoms with Gasteiger partial charge in [-0.25, -0.2) is 4.79 Å². The average Bonchev–Trinajstić information content (AvgIpc) is 2.59. The minimum Gasteiger partial charge on any atom is -0.465 e. The van der Waals surface area contributed by atoms with Crippen LogP contribution in [0.5, 0.6) is 0 Å². The first-order valence-electron chi connectivity index (χ1n) is 7.18. The van der Waals surface area contributed by atoms with Crippen LogP contribution in [0.4, 0.5) is 0 Å². The highest BCUT2D eigenvalue weighted by Crippen LogP contribution is 2.07. The summed E-state index contributed by atoms with van der Waals surface area (Å²) in [6.07, 6.45) is 0.953. The second-order valence-electron chi connectivity index (χ2n) is 4.92. The topological polar surface area (TPSA) is 55.4 Å². The summed E-state index contributed by atoms with van der Waals surface area (Å²) in [4.78, 5) is 23.4. The summed E-state index contributed by atoms with van der Waals surface area (Å²) in [5, 5.41) is 2.86. The monoisotopic (exact) mass is 297 g/mol. The predicted octanol–water partition coefficient (Wildman–Crippen LogP) is 2.97. The highest BCUT2D eigenvalue weighted by atomic mass is 16.5. The van der Waals surface area contributed by atoms with Crippen LogP contribution in [0.2, 0.25) is 0 Å². The van der Waals surface area contributed by atoms with Gasteiger partial charge in [0.1, 0.15) is 0 Å². The molecule has 4 nitrogen and oxygen atoms in total. The molecule has 114 valence electrons. The summed E-state index contributed by atoms with van der Waals surface area (Å²) >= 11 is 0. The lowest BCUT2D eigenvalue weighted by Crippen LogP contribution is -2.22. The van der Waals surface area contributed by atoms with Gasteiger partial charge in [-0.2, -0.15) is 0 Å². The summed E-state index contributed by atoms with van der Waals surface area (Å²) in [6.45, 7) is 2.49. The van der Waals surface area contributed by atoms with E-state index in [0.717, 1.165) is 12.0 Å². The van der Waals surface area contributed by atoms with Crippen molar-refractivity contribution in [3.8, 4) is 0 Å². The van der Waals surface area contributed by atoms with Gasteiger partial charge in [-0.15, -0.1) is 0 Å². The highest BCUT2D eigenvalue weighted by Gasteiger charge is 2.07. The average molecular weight is 297 g/mol. The van der Waals surface area contributed by atoms with Gasteiger partial charge in [0, 0.05) is 12.1 Å². The maximum atomic E-state index is 12.1. The van der Waals surface area contributed by atoms with E-state index >= 15 is 0 Å². The molecule has 1 amide bonds.